The lowest BCUT2D eigenvalue weighted by Crippen LogP contribution is -2.24. The second kappa shape index (κ2) is 7.09. The van der Waals surface area contributed by atoms with Crippen LogP contribution in [0.15, 0.2) is 54.7 Å². The van der Waals surface area contributed by atoms with Crippen molar-refractivity contribution in [3.63, 3.8) is 0 Å². The maximum absolute atomic E-state index is 13.9. The van der Waals surface area contributed by atoms with Crippen LogP contribution in [0, 0.1) is 5.82 Å². The van der Waals surface area contributed by atoms with Gasteiger partial charge in [0, 0.05) is 30.7 Å². The highest BCUT2D eigenvalue weighted by molar-refractivity contribution is 5.97. The zero-order valence-corrected chi connectivity index (χ0v) is 13.5. The minimum atomic E-state index is -0.644. The summed E-state index contributed by atoms with van der Waals surface area (Å²) in [6.45, 7) is 1.60. The topological polar surface area (TPSA) is 71.1 Å². The molecule has 0 aliphatic carbocycles. The van der Waals surface area contributed by atoms with Crippen molar-refractivity contribution in [2.75, 3.05) is 5.32 Å². The van der Waals surface area contributed by atoms with Crippen molar-refractivity contribution in [1.29, 1.82) is 0 Å². The van der Waals surface area contributed by atoms with Crippen molar-refractivity contribution in [1.82, 2.24) is 10.3 Å². The van der Waals surface area contributed by atoms with Crippen molar-refractivity contribution < 1.29 is 14.0 Å². The first kappa shape index (κ1) is 16.6. The SMILES string of the molecule is CC(=O)Nc1ccc(F)c(C(=O)NCc2ccc3ncccc3c2)c1. The number of halogens is 1. The number of anilines is 1. The molecule has 0 unspecified atom stereocenters. The van der Waals surface area contributed by atoms with Crippen LogP contribution in [0.4, 0.5) is 10.1 Å². The van der Waals surface area contributed by atoms with Crippen LogP contribution < -0.4 is 10.6 Å². The lowest BCUT2D eigenvalue weighted by molar-refractivity contribution is -0.114. The molecule has 0 spiro atoms. The summed E-state index contributed by atoms with van der Waals surface area (Å²) >= 11 is 0. The van der Waals surface area contributed by atoms with Gasteiger partial charge in [-0.2, -0.15) is 0 Å². The Bertz CT molecular complexity index is 956. The van der Waals surface area contributed by atoms with E-state index < -0.39 is 11.7 Å². The molecule has 1 heterocycles. The fourth-order valence-electron chi connectivity index (χ4n) is 2.49. The molecule has 5 nitrogen and oxygen atoms in total. The monoisotopic (exact) mass is 337 g/mol. The van der Waals surface area contributed by atoms with Gasteiger partial charge >= 0.3 is 0 Å². The molecule has 2 aromatic carbocycles. The van der Waals surface area contributed by atoms with Gasteiger partial charge in [-0.05, 0) is 42.0 Å². The Hall–Kier alpha value is -3.28. The molecule has 2 N–H and O–H groups in total. The molecule has 25 heavy (non-hydrogen) atoms. The summed E-state index contributed by atoms with van der Waals surface area (Å²) in [4.78, 5) is 27.6. The molecule has 3 aromatic rings. The number of pyridine rings is 1. The maximum Gasteiger partial charge on any atom is 0.254 e. The number of hydrogen-bond donors (Lipinski definition) is 2. The summed E-state index contributed by atoms with van der Waals surface area (Å²) in [5.74, 6) is -1.48. The van der Waals surface area contributed by atoms with E-state index in [1.807, 2.05) is 30.3 Å². The first-order valence-electron chi connectivity index (χ1n) is 7.72. The van der Waals surface area contributed by atoms with E-state index in [4.69, 9.17) is 0 Å². The second-order valence-corrected chi connectivity index (χ2v) is 5.59. The Balaban J connectivity index is 1.74. The molecule has 3 rings (SSSR count). The minimum absolute atomic E-state index is 0.117. The standard InChI is InChI=1S/C19H16FN3O2/c1-12(24)23-15-5-6-17(20)16(10-15)19(25)22-11-13-4-7-18-14(9-13)3-2-8-21-18/h2-10H,11H2,1H3,(H,22,25)(H,23,24). The quantitative estimate of drug-likeness (QED) is 0.767. The number of carbonyl (C=O) groups is 2. The number of benzene rings is 2. The van der Waals surface area contributed by atoms with E-state index in [0.717, 1.165) is 22.5 Å². The fourth-order valence-corrected chi connectivity index (χ4v) is 2.49. The molecule has 2 amide bonds. The molecule has 0 atom stereocenters. The molecule has 126 valence electrons. The average molecular weight is 337 g/mol. The van der Waals surface area contributed by atoms with Gasteiger partial charge in [0.05, 0.1) is 11.1 Å². The molecule has 0 bridgehead atoms. The van der Waals surface area contributed by atoms with E-state index in [9.17, 15) is 14.0 Å². The van der Waals surface area contributed by atoms with Gasteiger partial charge in [-0.15, -0.1) is 0 Å². The summed E-state index contributed by atoms with van der Waals surface area (Å²) in [6.07, 6.45) is 1.72. The van der Waals surface area contributed by atoms with Crippen molar-refractivity contribution in [3.05, 3.63) is 71.7 Å². The van der Waals surface area contributed by atoms with Crippen LogP contribution in [-0.4, -0.2) is 16.8 Å². The molecule has 0 radical (unpaired) electrons. The first-order chi connectivity index (χ1) is 12.0. The van der Waals surface area contributed by atoms with E-state index in [-0.39, 0.29) is 18.0 Å². The maximum atomic E-state index is 13.9. The zero-order chi connectivity index (χ0) is 17.8. The third kappa shape index (κ3) is 3.98. The molecule has 1 aromatic heterocycles. The van der Waals surface area contributed by atoms with Crippen LogP contribution in [0.5, 0.6) is 0 Å². The Morgan fingerprint density at radius 3 is 2.76 bits per heavy atom. The predicted molar refractivity (Wildman–Crippen MR) is 93.6 cm³/mol. The largest absolute Gasteiger partial charge is 0.348 e. The van der Waals surface area contributed by atoms with Gasteiger partial charge in [-0.3, -0.25) is 14.6 Å². The number of fused-ring (bicyclic) bond motifs is 1. The third-order valence-electron chi connectivity index (χ3n) is 3.65. The normalized spacial score (nSPS) is 10.5. The number of amides is 2. The summed E-state index contributed by atoms with van der Waals surface area (Å²) < 4.78 is 13.9. The van der Waals surface area contributed by atoms with E-state index in [1.54, 1.807) is 6.20 Å². The molecular formula is C19H16FN3O2. The Morgan fingerprint density at radius 1 is 1.12 bits per heavy atom. The summed E-state index contributed by atoms with van der Waals surface area (Å²) in [7, 11) is 0. The molecule has 6 heteroatoms. The van der Waals surface area contributed by atoms with Gasteiger partial charge in [-0.1, -0.05) is 12.1 Å². The van der Waals surface area contributed by atoms with Crippen molar-refractivity contribution >= 4 is 28.4 Å². The highest BCUT2D eigenvalue weighted by Gasteiger charge is 2.13. The van der Waals surface area contributed by atoms with Gasteiger partial charge in [0.15, 0.2) is 0 Å². The second-order valence-electron chi connectivity index (χ2n) is 5.59. The number of nitrogens with one attached hydrogen (secondary N) is 2. The summed E-state index contributed by atoms with van der Waals surface area (Å²) in [5, 5.41) is 6.18. The van der Waals surface area contributed by atoms with Crippen molar-refractivity contribution in [2.24, 2.45) is 0 Å². The van der Waals surface area contributed by atoms with Crippen LogP contribution >= 0.6 is 0 Å². The van der Waals surface area contributed by atoms with Gasteiger partial charge in [-0.25, -0.2) is 4.39 Å². The number of nitrogens with zero attached hydrogens (tertiary/aromatic N) is 1. The number of aromatic nitrogens is 1. The summed E-state index contributed by atoms with van der Waals surface area (Å²) in [5.41, 5.74) is 2.00. The molecule has 0 saturated carbocycles. The number of hydrogen-bond acceptors (Lipinski definition) is 3. The van der Waals surface area contributed by atoms with Crippen LogP contribution in [0.2, 0.25) is 0 Å². The average Bonchev–Trinajstić information content (AvgIpc) is 2.60. The fraction of sp³-hybridized carbons (Fsp3) is 0.105. The van der Waals surface area contributed by atoms with E-state index in [1.165, 1.54) is 19.1 Å². The predicted octanol–water partition coefficient (Wildman–Crippen LogP) is 3.26. The lowest BCUT2D eigenvalue weighted by Gasteiger charge is -2.09. The van der Waals surface area contributed by atoms with Crippen LogP contribution in [0.1, 0.15) is 22.8 Å². The van der Waals surface area contributed by atoms with Crippen LogP contribution in [-0.2, 0) is 11.3 Å². The van der Waals surface area contributed by atoms with E-state index in [2.05, 4.69) is 15.6 Å². The third-order valence-corrected chi connectivity index (χ3v) is 3.65. The molecule has 0 aliphatic heterocycles. The van der Waals surface area contributed by atoms with Gasteiger partial charge < -0.3 is 10.6 Å². The highest BCUT2D eigenvalue weighted by Crippen LogP contribution is 2.16. The first-order valence-corrected chi connectivity index (χ1v) is 7.72. The molecular weight excluding hydrogens is 321 g/mol. The summed E-state index contributed by atoms with van der Waals surface area (Å²) in [6, 6.07) is 13.3. The Kier molecular flexibility index (Phi) is 4.70. The van der Waals surface area contributed by atoms with Crippen LogP contribution in [0.25, 0.3) is 10.9 Å². The number of carbonyl (C=O) groups excluding carboxylic acids is 2. The highest BCUT2D eigenvalue weighted by atomic mass is 19.1. The minimum Gasteiger partial charge on any atom is -0.348 e. The van der Waals surface area contributed by atoms with Gasteiger partial charge in [0.2, 0.25) is 5.91 Å². The lowest BCUT2D eigenvalue weighted by atomic mass is 10.1. The molecule has 0 saturated heterocycles. The van der Waals surface area contributed by atoms with Crippen LogP contribution in [0.3, 0.4) is 0 Å². The van der Waals surface area contributed by atoms with Gasteiger partial charge in [0.25, 0.3) is 5.91 Å². The van der Waals surface area contributed by atoms with E-state index in [0.29, 0.717) is 5.69 Å². The molecule has 0 fully saturated rings. The Morgan fingerprint density at radius 2 is 1.96 bits per heavy atom. The van der Waals surface area contributed by atoms with Gasteiger partial charge in [0.1, 0.15) is 5.82 Å². The molecule has 0 aliphatic rings. The van der Waals surface area contributed by atoms with Crippen molar-refractivity contribution in [2.45, 2.75) is 13.5 Å². The van der Waals surface area contributed by atoms with Crippen molar-refractivity contribution in [3.8, 4) is 0 Å². The zero-order valence-electron chi connectivity index (χ0n) is 13.5. The van der Waals surface area contributed by atoms with E-state index >= 15 is 0 Å². The smallest absolute Gasteiger partial charge is 0.254 e. The number of rotatable bonds is 4. The Labute approximate surface area is 143 Å².